The monoisotopic (exact) mass is 395 g/mol. The molecule has 27 heavy (non-hydrogen) atoms. The van der Waals surface area contributed by atoms with Crippen LogP contribution in [-0.4, -0.2) is 14.8 Å². The van der Waals surface area contributed by atoms with E-state index in [2.05, 4.69) is 10.2 Å². The van der Waals surface area contributed by atoms with Crippen LogP contribution in [0.4, 0.5) is 4.39 Å². The van der Waals surface area contributed by atoms with Crippen LogP contribution in [0.3, 0.4) is 0 Å². The van der Waals surface area contributed by atoms with E-state index in [9.17, 15) is 4.39 Å². The minimum Gasteiger partial charge on any atom is -0.270 e. The molecule has 0 radical (unpaired) electrons. The smallest absolute Gasteiger partial charge is 0.196 e. The summed E-state index contributed by atoms with van der Waals surface area (Å²) in [6, 6.07) is 24.1. The van der Waals surface area contributed by atoms with Crippen molar-refractivity contribution in [2.24, 2.45) is 0 Å². The third-order valence-electron chi connectivity index (χ3n) is 4.06. The molecule has 0 N–H and O–H groups in total. The van der Waals surface area contributed by atoms with Gasteiger partial charge in [-0.3, -0.25) is 4.57 Å². The first-order valence-corrected chi connectivity index (χ1v) is 9.72. The lowest BCUT2D eigenvalue weighted by Crippen LogP contribution is -2.00. The molecule has 6 heteroatoms. The van der Waals surface area contributed by atoms with Crippen molar-refractivity contribution < 1.29 is 4.39 Å². The Hall–Kier alpha value is -2.63. The van der Waals surface area contributed by atoms with Crippen molar-refractivity contribution in [1.82, 2.24) is 14.8 Å². The topological polar surface area (TPSA) is 30.7 Å². The second-order valence-corrected chi connectivity index (χ2v) is 7.24. The second-order valence-electron chi connectivity index (χ2n) is 5.86. The Labute approximate surface area is 165 Å². The zero-order valence-corrected chi connectivity index (χ0v) is 15.8. The molecule has 0 unspecified atom stereocenters. The molecule has 0 fully saturated rings. The van der Waals surface area contributed by atoms with Crippen LogP contribution in [0.1, 0.15) is 5.56 Å². The molecule has 4 aromatic rings. The van der Waals surface area contributed by atoms with Crippen LogP contribution < -0.4 is 0 Å². The van der Waals surface area contributed by atoms with E-state index in [0.29, 0.717) is 21.5 Å². The first kappa shape index (κ1) is 17.8. The fourth-order valence-electron chi connectivity index (χ4n) is 2.72. The Kier molecular flexibility index (Phi) is 5.23. The van der Waals surface area contributed by atoms with Crippen molar-refractivity contribution in [2.45, 2.75) is 10.9 Å². The van der Waals surface area contributed by atoms with Gasteiger partial charge < -0.3 is 0 Å². The summed E-state index contributed by atoms with van der Waals surface area (Å²) in [6.45, 7) is 0. The maximum atomic E-state index is 14.0. The number of hydrogen-bond acceptors (Lipinski definition) is 3. The molecule has 0 aliphatic carbocycles. The Morgan fingerprint density at radius 3 is 2.30 bits per heavy atom. The van der Waals surface area contributed by atoms with Crippen LogP contribution >= 0.6 is 23.4 Å². The summed E-state index contributed by atoms with van der Waals surface area (Å²) >= 11 is 7.49. The third kappa shape index (κ3) is 3.89. The summed E-state index contributed by atoms with van der Waals surface area (Å²) in [4.78, 5) is 0. The van der Waals surface area contributed by atoms with Crippen molar-refractivity contribution >= 4 is 23.4 Å². The molecule has 0 bridgehead atoms. The Morgan fingerprint density at radius 2 is 1.56 bits per heavy atom. The van der Waals surface area contributed by atoms with E-state index in [1.54, 1.807) is 12.1 Å². The lowest BCUT2D eigenvalue weighted by Gasteiger charge is -2.11. The Morgan fingerprint density at radius 1 is 0.852 bits per heavy atom. The molecule has 3 nitrogen and oxygen atoms in total. The molecule has 0 saturated heterocycles. The predicted molar refractivity (Wildman–Crippen MR) is 108 cm³/mol. The Balaban J connectivity index is 1.74. The van der Waals surface area contributed by atoms with E-state index in [4.69, 9.17) is 11.6 Å². The third-order valence-corrected chi connectivity index (χ3v) is 5.29. The van der Waals surface area contributed by atoms with Gasteiger partial charge in [-0.05, 0) is 35.9 Å². The largest absolute Gasteiger partial charge is 0.270 e. The van der Waals surface area contributed by atoms with Gasteiger partial charge in [-0.2, -0.15) is 0 Å². The fourth-order valence-corrected chi connectivity index (χ4v) is 3.78. The number of rotatable bonds is 5. The van der Waals surface area contributed by atoms with Crippen molar-refractivity contribution in [1.29, 1.82) is 0 Å². The van der Waals surface area contributed by atoms with Crippen LogP contribution in [0, 0.1) is 5.82 Å². The number of thioether (sulfide) groups is 1. The van der Waals surface area contributed by atoms with Gasteiger partial charge >= 0.3 is 0 Å². The Bertz CT molecular complexity index is 1050. The maximum Gasteiger partial charge on any atom is 0.196 e. The number of halogens is 2. The molecule has 0 aliphatic rings. The van der Waals surface area contributed by atoms with Gasteiger partial charge in [0, 0.05) is 22.0 Å². The molecule has 0 saturated carbocycles. The second kappa shape index (κ2) is 7.94. The van der Waals surface area contributed by atoms with E-state index < -0.39 is 0 Å². The van der Waals surface area contributed by atoms with E-state index in [-0.39, 0.29) is 5.82 Å². The van der Waals surface area contributed by atoms with Gasteiger partial charge in [0.2, 0.25) is 0 Å². The van der Waals surface area contributed by atoms with E-state index in [1.165, 1.54) is 17.8 Å². The summed E-state index contributed by atoms with van der Waals surface area (Å²) in [7, 11) is 0. The molecule has 134 valence electrons. The summed E-state index contributed by atoms with van der Waals surface area (Å²) in [5.41, 5.74) is 2.49. The van der Waals surface area contributed by atoms with Crippen LogP contribution in [0.5, 0.6) is 0 Å². The summed E-state index contributed by atoms with van der Waals surface area (Å²) in [5, 5.41) is 10.1. The quantitative estimate of drug-likeness (QED) is 0.387. The molecular weight excluding hydrogens is 381 g/mol. The first-order valence-electron chi connectivity index (χ1n) is 8.35. The molecule has 4 rings (SSSR count). The number of nitrogens with zero attached hydrogens (tertiary/aromatic N) is 3. The maximum absolute atomic E-state index is 14.0. The summed E-state index contributed by atoms with van der Waals surface area (Å²) in [5.74, 6) is 0.979. The van der Waals surface area contributed by atoms with Gasteiger partial charge in [0.05, 0.1) is 0 Å². The zero-order chi connectivity index (χ0) is 18.6. The SMILES string of the molecule is Fc1ccccc1CSc1nnc(-c2ccccc2)n1-c1ccc(Cl)cc1. The normalized spacial score (nSPS) is 10.9. The van der Waals surface area contributed by atoms with Crippen LogP contribution in [0.2, 0.25) is 5.02 Å². The average Bonchev–Trinajstić information content (AvgIpc) is 3.12. The van der Waals surface area contributed by atoms with Crippen LogP contribution in [-0.2, 0) is 5.75 Å². The van der Waals surface area contributed by atoms with Gasteiger partial charge in [0.25, 0.3) is 0 Å². The molecule has 0 aliphatic heterocycles. The number of hydrogen-bond donors (Lipinski definition) is 0. The van der Waals surface area contributed by atoms with E-state index >= 15 is 0 Å². The summed E-state index contributed by atoms with van der Waals surface area (Å²) < 4.78 is 15.9. The highest BCUT2D eigenvalue weighted by Gasteiger charge is 2.16. The van der Waals surface area contributed by atoms with Crippen molar-refractivity contribution in [2.75, 3.05) is 0 Å². The predicted octanol–water partition coefficient (Wildman–Crippen LogP) is 6.02. The first-order chi connectivity index (χ1) is 13.2. The molecule has 1 aromatic heterocycles. The molecule has 0 atom stereocenters. The van der Waals surface area contributed by atoms with Gasteiger partial charge in [0.15, 0.2) is 11.0 Å². The highest BCUT2D eigenvalue weighted by Crippen LogP contribution is 2.30. The molecule has 3 aromatic carbocycles. The average molecular weight is 396 g/mol. The van der Waals surface area contributed by atoms with Gasteiger partial charge in [-0.1, -0.05) is 71.9 Å². The minimum atomic E-state index is -0.217. The summed E-state index contributed by atoms with van der Waals surface area (Å²) in [6.07, 6.45) is 0. The molecular formula is C21H15ClFN3S. The van der Waals surface area contributed by atoms with E-state index in [0.717, 1.165) is 17.1 Å². The van der Waals surface area contributed by atoms with Gasteiger partial charge in [-0.15, -0.1) is 10.2 Å². The lowest BCUT2D eigenvalue weighted by molar-refractivity contribution is 0.617. The van der Waals surface area contributed by atoms with Gasteiger partial charge in [-0.25, -0.2) is 4.39 Å². The molecule has 1 heterocycles. The van der Waals surface area contributed by atoms with Crippen LogP contribution in [0.25, 0.3) is 17.1 Å². The molecule has 0 spiro atoms. The van der Waals surface area contributed by atoms with Crippen molar-refractivity contribution in [3.05, 3.63) is 95.3 Å². The zero-order valence-electron chi connectivity index (χ0n) is 14.2. The standard InChI is InChI=1S/C21H15ClFN3S/c22-17-10-12-18(13-11-17)26-20(15-6-2-1-3-7-15)24-25-21(26)27-14-16-8-4-5-9-19(16)23/h1-13H,14H2. The van der Waals surface area contributed by atoms with E-state index in [1.807, 2.05) is 65.2 Å². The lowest BCUT2D eigenvalue weighted by atomic mass is 10.2. The highest BCUT2D eigenvalue weighted by atomic mass is 35.5. The number of aromatic nitrogens is 3. The van der Waals surface area contributed by atoms with Gasteiger partial charge in [0.1, 0.15) is 5.82 Å². The van der Waals surface area contributed by atoms with Crippen LogP contribution in [0.15, 0.2) is 84.0 Å². The van der Waals surface area contributed by atoms with Crippen molar-refractivity contribution in [3.8, 4) is 17.1 Å². The van der Waals surface area contributed by atoms with Crippen molar-refractivity contribution in [3.63, 3.8) is 0 Å². The minimum absolute atomic E-state index is 0.217. The number of benzene rings is 3. The molecule has 0 amide bonds. The highest BCUT2D eigenvalue weighted by molar-refractivity contribution is 7.98. The fraction of sp³-hybridized carbons (Fsp3) is 0.0476.